The molecular formula is C18H22N2O2. The van der Waals surface area contributed by atoms with Crippen molar-refractivity contribution in [2.75, 3.05) is 17.7 Å². The summed E-state index contributed by atoms with van der Waals surface area (Å²) in [6.45, 7) is 4.54. The first-order valence-electron chi connectivity index (χ1n) is 7.46. The standard InChI is InChI=1S/C18H22N2O2/c1-3-22-16-9-7-15(8-10-16)20-18(21)11-6-14-5-4-13(2)17(19)12-14/h4-5,7-10,12H,3,6,11,19H2,1-2H3,(H,20,21). The van der Waals surface area contributed by atoms with Crippen LogP contribution in [0.1, 0.15) is 24.5 Å². The zero-order valence-corrected chi connectivity index (χ0v) is 13.1. The highest BCUT2D eigenvalue weighted by atomic mass is 16.5. The largest absolute Gasteiger partial charge is 0.494 e. The Labute approximate surface area is 131 Å². The van der Waals surface area contributed by atoms with Crippen molar-refractivity contribution < 1.29 is 9.53 Å². The second-order valence-electron chi connectivity index (χ2n) is 5.20. The van der Waals surface area contributed by atoms with E-state index in [9.17, 15) is 4.79 Å². The number of nitrogens with one attached hydrogen (secondary N) is 1. The molecule has 1 amide bonds. The maximum Gasteiger partial charge on any atom is 0.224 e. The Morgan fingerprint density at radius 2 is 1.91 bits per heavy atom. The van der Waals surface area contributed by atoms with Crippen molar-refractivity contribution in [1.82, 2.24) is 0 Å². The summed E-state index contributed by atoms with van der Waals surface area (Å²) in [5.74, 6) is 0.791. The van der Waals surface area contributed by atoms with Crippen molar-refractivity contribution in [2.45, 2.75) is 26.7 Å². The first-order valence-corrected chi connectivity index (χ1v) is 7.46. The fourth-order valence-corrected chi connectivity index (χ4v) is 2.13. The predicted molar refractivity (Wildman–Crippen MR) is 90.2 cm³/mol. The normalized spacial score (nSPS) is 10.3. The van der Waals surface area contributed by atoms with Crippen molar-refractivity contribution >= 4 is 17.3 Å². The Balaban J connectivity index is 1.85. The van der Waals surface area contributed by atoms with Crippen molar-refractivity contribution in [3.63, 3.8) is 0 Å². The number of amides is 1. The number of aryl methyl sites for hydroxylation is 2. The van der Waals surface area contributed by atoms with Crippen LogP contribution < -0.4 is 15.8 Å². The maximum atomic E-state index is 12.0. The molecule has 4 nitrogen and oxygen atoms in total. The Morgan fingerprint density at radius 3 is 2.55 bits per heavy atom. The summed E-state index contributed by atoms with van der Waals surface area (Å²) in [4.78, 5) is 12.0. The first kappa shape index (κ1) is 15.9. The lowest BCUT2D eigenvalue weighted by Gasteiger charge is -2.08. The summed E-state index contributed by atoms with van der Waals surface area (Å²) in [7, 11) is 0. The predicted octanol–water partition coefficient (Wildman–Crippen LogP) is 3.55. The van der Waals surface area contributed by atoms with Crippen LogP contribution in [0.3, 0.4) is 0 Å². The zero-order valence-electron chi connectivity index (χ0n) is 13.1. The second kappa shape index (κ2) is 7.50. The van der Waals surface area contributed by atoms with E-state index >= 15 is 0 Å². The van der Waals surface area contributed by atoms with Gasteiger partial charge in [0.25, 0.3) is 0 Å². The summed E-state index contributed by atoms with van der Waals surface area (Å²) < 4.78 is 5.37. The topological polar surface area (TPSA) is 64.3 Å². The third kappa shape index (κ3) is 4.52. The molecule has 2 aromatic carbocycles. The molecule has 3 N–H and O–H groups in total. The van der Waals surface area contributed by atoms with Gasteiger partial charge in [0, 0.05) is 17.8 Å². The minimum atomic E-state index is -0.0108. The third-order valence-electron chi connectivity index (χ3n) is 3.43. The molecule has 0 aliphatic carbocycles. The lowest BCUT2D eigenvalue weighted by molar-refractivity contribution is -0.116. The smallest absolute Gasteiger partial charge is 0.224 e. The van der Waals surface area contributed by atoms with Crippen molar-refractivity contribution in [3.05, 3.63) is 53.6 Å². The second-order valence-corrected chi connectivity index (χ2v) is 5.20. The molecule has 4 heteroatoms. The average molecular weight is 298 g/mol. The number of nitrogen functional groups attached to an aromatic ring is 1. The molecular weight excluding hydrogens is 276 g/mol. The van der Waals surface area contributed by atoms with Crippen LogP contribution in [0.5, 0.6) is 5.75 Å². The molecule has 22 heavy (non-hydrogen) atoms. The molecule has 0 saturated heterocycles. The van der Waals surface area contributed by atoms with Gasteiger partial charge in [0.15, 0.2) is 0 Å². The minimum absolute atomic E-state index is 0.0108. The number of ether oxygens (including phenoxy) is 1. The Kier molecular flexibility index (Phi) is 5.42. The highest BCUT2D eigenvalue weighted by molar-refractivity contribution is 5.90. The third-order valence-corrected chi connectivity index (χ3v) is 3.43. The molecule has 0 fully saturated rings. The highest BCUT2D eigenvalue weighted by Gasteiger charge is 2.04. The molecule has 0 bridgehead atoms. The van der Waals surface area contributed by atoms with Gasteiger partial charge in [-0.3, -0.25) is 4.79 Å². The molecule has 0 saturated carbocycles. The van der Waals surface area contributed by atoms with E-state index in [0.717, 1.165) is 28.3 Å². The molecule has 0 heterocycles. The summed E-state index contributed by atoms with van der Waals surface area (Å²) in [5, 5.41) is 2.88. The Hall–Kier alpha value is -2.49. The quantitative estimate of drug-likeness (QED) is 0.802. The number of rotatable bonds is 6. The van der Waals surface area contributed by atoms with Crippen molar-refractivity contribution in [2.24, 2.45) is 0 Å². The number of hydrogen-bond acceptors (Lipinski definition) is 3. The molecule has 0 aliphatic heterocycles. The molecule has 0 aliphatic rings. The Bertz CT molecular complexity index is 636. The summed E-state index contributed by atoms with van der Waals surface area (Å²) in [6, 6.07) is 13.3. The van der Waals surface area contributed by atoms with E-state index in [1.54, 1.807) is 0 Å². The van der Waals surface area contributed by atoms with E-state index in [2.05, 4.69) is 5.32 Å². The van der Waals surface area contributed by atoms with Gasteiger partial charge in [-0.1, -0.05) is 12.1 Å². The molecule has 0 radical (unpaired) electrons. The van der Waals surface area contributed by atoms with Gasteiger partial charge in [-0.05, 0) is 61.7 Å². The zero-order chi connectivity index (χ0) is 15.9. The van der Waals surface area contributed by atoms with Gasteiger partial charge in [-0.15, -0.1) is 0 Å². The van der Waals surface area contributed by atoms with E-state index in [1.807, 2.05) is 56.3 Å². The fraction of sp³-hybridized carbons (Fsp3) is 0.278. The van der Waals surface area contributed by atoms with E-state index in [4.69, 9.17) is 10.5 Å². The lowest BCUT2D eigenvalue weighted by atomic mass is 10.1. The number of carbonyl (C=O) groups is 1. The van der Waals surface area contributed by atoms with Crippen LogP contribution in [0, 0.1) is 6.92 Å². The average Bonchev–Trinajstić information content (AvgIpc) is 2.51. The van der Waals surface area contributed by atoms with Crippen LogP contribution >= 0.6 is 0 Å². The monoisotopic (exact) mass is 298 g/mol. The van der Waals surface area contributed by atoms with Gasteiger partial charge in [-0.25, -0.2) is 0 Å². The number of anilines is 2. The van der Waals surface area contributed by atoms with Gasteiger partial charge in [-0.2, -0.15) is 0 Å². The van der Waals surface area contributed by atoms with Crippen molar-refractivity contribution in [1.29, 1.82) is 0 Å². The summed E-state index contributed by atoms with van der Waals surface area (Å²) in [5.41, 5.74) is 9.55. The SMILES string of the molecule is CCOc1ccc(NC(=O)CCc2ccc(C)c(N)c2)cc1. The van der Waals surface area contributed by atoms with E-state index in [-0.39, 0.29) is 5.91 Å². The number of benzene rings is 2. The van der Waals surface area contributed by atoms with Crippen LogP contribution in [0.15, 0.2) is 42.5 Å². The fourth-order valence-electron chi connectivity index (χ4n) is 2.13. The number of carbonyl (C=O) groups excluding carboxylic acids is 1. The van der Waals surface area contributed by atoms with Gasteiger partial charge >= 0.3 is 0 Å². The van der Waals surface area contributed by atoms with E-state index in [1.165, 1.54) is 0 Å². The molecule has 0 spiro atoms. The molecule has 0 unspecified atom stereocenters. The van der Waals surface area contributed by atoms with Gasteiger partial charge in [0.05, 0.1) is 6.61 Å². The minimum Gasteiger partial charge on any atom is -0.494 e. The Morgan fingerprint density at radius 1 is 1.18 bits per heavy atom. The van der Waals surface area contributed by atoms with Crippen LogP contribution in [0.2, 0.25) is 0 Å². The molecule has 2 rings (SSSR count). The van der Waals surface area contributed by atoms with Crippen molar-refractivity contribution in [3.8, 4) is 5.75 Å². The summed E-state index contributed by atoms with van der Waals surface area (Å²) in [6.07, 6.45) is 1.10. The molecule has 116 valence electrons. The van der Waals surface area contributed by atoms with E-state index in [0.29, 0.717) is 19.4 Å². The maximum absolute atomic E-state index is 12.0. The molecule has 0 aromatic heterocycles. The molecule has 0 atom stereocenters. The van der Waals surface area contributed by atoms with Crippen LogP contribution in [-0.4, -0.2) is 12.5 Å². The number of nitrogens with two attached hydrogens (primary N) is 1. The van der Waals surface area contributed by atoms with Gasteiger partial charge < -0.3 is 15.8 Å². The van der Waals surface area contributed by atoms with Crippen LogP contribution in [0.4, 0.5) is 11.4 Å². The highest BCUT2D eigenvalue weighted by Crippen LogP contribution is 2.17. The van der Waals surface area contributed by atoms with Gasteiger partial charge in [0.1, 0.15) is 5.75 Å². The first-order chi connectivity index (χ1) is 10.6. The van der Waals surface area contributed by atoms with Crippen LogP contribution in [-0.2, 0) is 11.2 Å². The van der Waals surface area contributed by atoms with Crippen LogP contribution in [0.25, 0.3) is 0 Å². The number of hydrogen-bond donors (Lipinski definition) is 2. The lowest BCUT2D eigenvalue weighted by Crippen LogP contribution is -2.12. The van der Waals surface area contributed by atoms with E-state index < -0.39 is 0 Å². The molecule has 2 aromatic rings. The van der Waals surface area contributed by atoms with Gasteiger partial charge in [0.2, 0.25) is 5.91 Å². The summed E-state index contributed by atoms with van der Waals surface area (Å²) >= 11 is 0.